The second-order valence-electron chi connectivity index (χ2n) is 5.30. The topological polar surface area (TPSA) is 46.1 Å². The number of amides is 1. The van der Waals surface area contributed by atoms with Crippen molar-refractivity contribution in [3.8, 4) is 0 Å². The van der Waals surface area contributed by atoms with Crippen molar-refractivity contribution in [1.82, 2.24) is 14.9 Å². The van der Waals surface area contributed by atoms with E-state index in [4.69, 9.17) is 0 Å². The molecule has 0 fully saturated rings. The van der Waals surface area contributed by atoms with Crippen LogP contribution in [0, 0.1) is 6.92 Å². The van der Waals surface area contributed by atoms with Gasteiger partial charge in [0.1, 0.15) is 0 Å². The summed E-state index contributed by atoms with van der Waals surface area (Å²) in [4.78, 5) is 22.9. The van der Waals surface area contributed by atoms with Gasteiger partial charge in [-0.1, -0.05) is 13.0 Å². The molecular formula is C17H21N3O. The van der Waals surface area contributed by atoms with Crippen molar-refractivity contribution >= 4 is 5.91 Å². The smallest absolute Gasteiger partial charge is 0.255 e. The first-order valence-corrected chi connectivity index (χ1v) is 7.23. The Bertz CT molecular complexity index is 598. The van der Waals surface area contributed by atoms with Crippen molar-refractivity contribution in [2.45, 2.75) is 39.8 Å². The zero-order valence-corrected chi connectivity index (χ0v) is 12.8. The van der Waals surface area contributed by atoms with Gasteiger partial charge < -0.3 is 4.90 Å². The third-order valence-corrected chi connectivity index (χ3v) is 3.58. The lowest BCUT2D eigenvalue weighted by Crippen LogP contribution is -2.37. The number of aryl methyl sites for hydroxylation is 1. The van der Waals surface area contributed by atoms with E-state index in [9.17, 15) is 4.79 Å². The zero-order valence-electron chi connectivity index (χ0n) is 12.8. The first-order valence-electron chi connectivity index (χ1n) is 7.23. The standard InChI is InChI=1S/C17H21N3O/c1-4-14(3)20(12-15-6-5-7-18-10-15)17(21)16-8-13(2)9-19-11-16/h5-11,14H,4,12H2,1-3H3/t14-/m1/s1. The molecule has 1 amide bonds. The molecule has 0 bridgehead atoms. The molecule has 2 rings (SSSR count). The highest BCUT2D eigenvalue weighted by Crippen LogP contribution is 2.15. The van der Waals surface area contributed by atoms with Gasteiger partial charge in [-0.25, -0.2) is 0 Å². The minimum absolute atomic E-state index is 0.0180. The average Bonchev–Trinajstić information content (AvgIpc) is 2.52. The summed E-state index contributed by atoms with van der Waals surface area (Å²) in [5.74, 6) is 0.0180. The molecule has 0 aliphatic heterocycles. The summed E-state index contributed by atoms with van der Waals surface area (Å²) in [5.41, 5.74) is 2.66. The lowest BCUT2D eigenvalue weighted by molar-refractivity contribution is 0.0671. The third-order valence-electron chi connectivity index (χ3n) is 3.58. The number of rotatable bonds is 5. The third kappa shape index (κ3) is 3.88. The average molecular weight is 283 g/mol. The molecule has 0 aromatic carbocycles. The summed E-state index contributed by atoms with van der Waals surface area (Å²) in [6.07, 6.45) is 7.84. The van der Waals surface area contributed by atoms with E-state index in [1.54, 1.807) is 24.8 Å². The Hall–Kier alpha value is -2.23. The Morgan fingerprint density at radius 1 is 1.29 bits per heavy atom. The van der Waals surface area contributed by atoms with Crippen LogP contribution >= 0.6 is 0 Å². The van der Waals surface area contributed by atoms with E-state index in [1.165, 1.54) is 0 Å². The second kappa shape index (κ2) is 6.97. The van der Waals surface area contributed by atoms with Gasteiger partial charge in [-0.15, -0.1) is 0 Å². The van der Waals surface area contributed by atoms with E-state index in [-0.39, 0.29) is 11.9 Å². The highest BCUT2D eigenvalue weighted by Gasteiger charge is 2.21. The number of carbonyl (C=O) groups is 1. The van der Waals surface area contributed by atoms with Gasteiger partial charge in [0.2, 0.25) is 0 Å². The fraction of sp³-hybridized carbons (Fsp3) is 0.353. The van der Waals surface area contributed by atoms with Crippen molar-refractivity contribution < 1.29 is 4.79 Å². The van der Waals surface area contributed by atoms with Gasteiger partial charge in [0.05, 0.1) is 5.56 Å². The van der Waals surface area contributed by atoms with Gasteiger partial charge in [0.25, 0.3) is 5.91 Å². The molecule has 110 valence electrons. The van der Waals surface area contributed by atoms with Crippen LogP contribution in [0.5, 0.6) is 0 Å². The highest BCUT2D eigenvalue weighted by atomic mass is 16.2. The first-order chi connectivity index (χ1) is 10.1. The number of hydrogen-bond donors (Lipinski definition) is 0. The first kappa shape index (κ1) is 15.2. The van der Waals surface area contributed by atoms with Crippen LogP contribution in [0.25, 0.3) is 0 Å². The van der Waals surface area contributed by atoms with Gasteiger partial charge in [-0.05, 0) is 43.5 Å². The maximum absolute atomic E-state index is 12.8. The molecule has 4 heteroatoms. The van der Waals surface area contributed by atoms with Crippen LogP contribution in [0.2, 0.25) is 0 Å². The summed E-state index contributed by atoms with van der Waals surface area (Å²) in [5, 5.41) is 0. The van der Waals surface area contributed by atoms with Crippen LogP contribution in [0.3, 0.4) is 0 Å². The maximum Gasteiger partial charge on any atom is 0.255 e. The Labute approximate surface area is 125 Å². The predicted molar refractivity (Wildman–Crippen MR) is 82.8 cm³/mol. The van der Waals surface area contributed by atoms with Gasteiger partial charge in [-0.2, -0.15) is 0 Å². The van der Waals surface area contributed by atoms with Crippen LogP contribution in [-0.2, 0) is 6.54 Å². The fourth-order valence-electron chi connectivity index (χ4n) is 2.17. The summed E-state index contributed by atoms with van der Waals surface area (Å²) in [7, 11) is 0. The van der Waals surface area contributed by atoms with E-state index < -0.39 is 0 Å². The SMILES string of the molecule is CC[C@@H](C)N(Cc1cccnc1)C(=O)c1cncc(C)c1. The van der Waals surface area contributed by atoms with Crippen LogP contribution < -0.4 is 0 Å². The maximum atomic E-state index is 12.8. The van der Waals surface area contributed by atoms with Gasteiger partial charge in [0, 0.05) is 37.4 Å². The molecular weight excluding hydrogens is 262 g/mol. The van der Waals surface area contributed by atoms with Crippen molar-refractivity contribution in [3.05, 3.63) is 59.7 Å². The fourth-order valence-corrected chi connectivity index (χ4v) is 2.17. The molecule has 2 heterocycles. The van der Waals surface area contributed by atoms with Crippen LogP contribution in [0.1, 0.15) is 41.8 Å². The summed E-state index contributed by atoms with van der Waals surface area (Å²) < 4.78 is 0. The van der Waals surface area contributed by atoms with E-state index in [2.05, 4.69) is 23.8 Å². The molecule has 0 unspecified atom stereocenters. The van der Waals surface area contributed by atoms with Crippen molar-refractivity contribution in [2.75, 3.05) is 0 Å². The number of aromatic nitrogens is 2. The molecule has 2 aromatic heterocycles. The molecule has 0 saturated heterocycles. The van der Waals surface area contributed by atoms with Gasteiger partial charge >= 0.3 is 0 Å². The molecule has 0 saturated carbocycles. The minimum Gasteiger partial charge on any atom is -0.332 e. The quantitative estimate of drug-likeness (QED) is 0.846. The predicted octanol–water partition coefficient (Wildman–Crippen LogP) is 3.23. The number of pyridine rings is 2. The van der Waals surface area contributed by atoms with Gasteiger partial charge in [-0.3, -0.25) is 14.8 Å². The monoisotopic (exact) mass is 283 g/mol. The Balaban J connectivity index is 2.25. The molecule has 0 N–H and O–H groups in total. The molecule has 21 heavy (non-hydrogen) atoms. The van der Waals surface area contributed by atoms with Crippen LogP contribution in [-0.4, -0.2) is 26.8 Å². The summed E-state index contributed by atoms with van der Waals surface area (Å²) in [6, 6.07) is 5.93. The van der Waals surface area contributed by atoms with E-state index in [0.717, 1.165) is 17.5 Å². The number of nitrogens with zero attached hydrogens (tertiary/aromatic N) is 3. The van der Waals surface area contributed by atoms with E-state index >= 15 is 0 Å². The molecule has 0 spiro atoms. The Morgan fingerprint density at radius 2 is 2.10 bits per heavy atom. The van der Waals surface area contributed by atoms with Gasteiger partial charge in [0.15, 0.2) is 0 Å². The van der Waals surface area contributed by atoms with Crippen LogP contribution in [0.15, 0.2) is 43.0 Å². The summed E-state index contributed by atoms with van der Waals surface area (Å²) in [6.45, 7) is 6.66. The minimum atomic E-state index is 0.0180. The Kier molecular flexibility index (Phi) is 5.04. The lowest BCUT2D eigenvalue weighted by Gasteiger charge is -2.28. The number of carbonyl (C=O) groups excluding carboxylic acids is 1. The molecule has 0 aliphatic rings. The van der Waals surface area contributed by atoms with Crippen molar-refractivity contribution in [1.29, 1.82) is 0 Å². The van der Waals surface area contributed by atoms with Crippen molar-refractivity contribution in [2.24, 2.45) is 0 Å². The molecule has 2 aromatic rings. The van der Waals surface area contributed by atoms with Crippen molar-refractivity contribution in [3.63, 3.8) is 0 Å². The zero-order chi connectivity index (χ0) is 15.2. The summed E-state index contributed by atoms with van der Waals surface area (Å²) >= 11 is 0. The van der Waals surface area contributed by atoms with E-state index in [1.807, 2.05) is 30.0 Å². The second-order valence-corrected chi connectivity index (χ2v) is 5.30. The molecule has 1 atom stereocenters. The highest BCUT2D eigenvalue weighted by molar-refractivity contribution is 5.94. The lowest BCUT2D eigenvalue weighted by atomic mass is 10.1. The molecule has 0 aliphatic carbocycles. The largest absolute Gasteiger partial charge is 0.332 e. The van der Waals surface area contributed by atoms with Crippen LogP contribution in [0.4, 0.5) is 0 Å². The molecule has 4 nitrogen and oxygen atoms in total. The number of hydrogen-bond acceptors (Lipinski definition) is 3. The molecule has 0 radical (unpaired) electrons. The van der Waals surface area contributed by atoms with E-state index in [0.29, 0.717) is 12.1 Å². The normalized spacial score (nSPS) is 12.0. The Morgan fingerprint density at radius 3 is 2.71 bits per heavy atom.